The van der Waals surface area contributed by atoms with Crippen molar-refractivity contribution in [3.05, 3.63) is 78.1 Å². The first-order chi connectivity index (χ1) is 19.8. The fourth-order valence-corrected chi connectivity index (χ4v) is 5.89. The van der Waals surface area contributed by atoms with Gasteiger partial charge in [0, 0.05) is 24.7 Å². The van der Waals surface area contributed by atoms with E-state index in [4.69, 9.17) is 19.7 Å². The molecule has 4 aromatic rings. The molecule has 2 aromatic heterocycles. The molecule has 3 heterocycles. The standard InChI is InChI=1S/C26H25N3O5S.C2HF3O2/c30-25(31)15-18-4-3-5-21(14-18)34-17-20-16-24-23(10-11-27-26(24)28-20)19-6-8-22(9-7-19)35(32,33)29-12-1-2-13-29;3-2(4,5)1(6)7/h3-11,14,16H,1-2,12-13,15,17H2,(H,27,28)(H,30,31);(H,6,7). The molecule has 1 aliphatic rings. The number of hydrogen-bond donors (Lipinski definition) is 3. The van der Waals surface area contributed by atoms with Gasteiger partial charge in [-0.05, 0) is 65.9 Å². The number of rotatable bonds is 8. The quantitative estimate of drug-likeness (QED) is 0.258. The first-order valence-corrected chi connectivity index (χ1v) is 14.1. The molecule has 0 unspecified atom stereocenters. The summed E-state index contributed by atoms with van der Waals surface area (Å²) < 4.78 is 64.8. The van der Waals surface area contributed by atoms with Crippen LogP contribution in [-0.2, 0) is 32.6 Å². The Kier molecular flexibility index (Phi) is 9.17. The van der Waals surface area contributed by atoms with Gasteiger partial charge in [-0.3, -0.25) is 4.79 Å². The number of alkyl halides is 3. The van der Waals surface area contributed by atoms with E-state index in [1.165, 1.54) is 0 Å². The zero-order chi connectivity index (χ0) is 30.5. The topological polar surface area (TPSA) is 150 Å². The Morgan fingerprint density at radius 3 is 2.29 bits per heavy atom. The van der Waals surface area contributed by atoms with Crippen molar-refractivity contribution in [1.82, 2.24) is 14.3 Å². The zero-order valence-corrected chi connectivity index (χ0v) is 22.8. The van der Waals surface area contributed by atoms with Gasteiger partial charge in [-0.1, -0.05) is 24.3 Å². The summed E-state index contributed by atoms with van der Waals surface area (Å²) in [5.74, 6) is -3.06. The van der Waals surface area contributed by atoms with Crippen LogP contribution in [0.4, 0.5) is 13.2 Å². The van der Waals surface area contributed by atoms with Gasteiger partial charge in [0.25, 0.3) is 0 Å². The van der Waals surface area contributed by atoms with Crippen LogP contribution >= 0.6 is 0 Å². The van der Waals surface area contributed by atoms with E-state index < -0.39 is 28.1 Å². The van der Waals surface area contributed by atoms with Gasteiger partial charge < -0.3 is 19.9 Å². The Morgan fingerprint density at radius 2 is 1.67 bits per heavy atom. The molecular formula is C28H26F3N3O7S. The Bertz CT molecular complexity index is 1680. The highest BCUT2D eigenvalue weighted by molar-refractivity contribution is 7.89. The number of benzene rings is 2. The second kappa shape index (κ2) is 12.6. The zero-order valence-electron chi connectivity index (χ0n) is 22.0. The average molecular weight is 606 g/mol. The minimum absolute atomic E-state index is 0.0605. The van der Waals surface area contributed by atoms with E-state index in [-0.39, 0.29) is 13.0 Å². The van der Waals surface area contributed by atoms with Crippen LogP contribution in [0.25, 0.3) is 22.2 Å². The number of sulfonamides is 1. The van der Waals surface area contributed by atoms with Crippen molar-refractivity contribution in [2.75, 3.05) is 13.1 Å². The molecule has 0 atom stereocenters. The normalized spacial score (nSPS) is 13.9. The fourth-order valence-electron chi connectivity index (χ4n) is 4.38. The van der Waals surface area contributed by atoms with Crippen LogP contribution in [0.15, 0.2) is 71.8 Å². The summed E-state index contributed by atoms with van der Waals surface area (Å²) in [6.45, 7) is 1.42. The lowest BCUT2D eigenvalue weighted by Gasteiger charge is -2.15. The summed E-state index contributed by atoms with van der Waals surface area (Å²) >= 11 is 0. The molecule has 1 fully saturated rings. The number of halogens is 3. The predicted molar refractivity (Wildman–Crippen MR) is 145 cm³/mol. The van der Waals surface area contributed by atoms with Gasteiger partial charge >= 0.3 is 18.1 Å². The summed E-state index contributed by atoms with van der Waals surface area (Å²) in [7, 11) is -3.45. The van der Waals surface area contributed by atoms with E-state index in [2.05, 4.69) is 9.97 Å². The van der Waals surface area contributed by atoms with Crippen molar-refractivity contribution in [3.8, 4) is 16.9 Å². The van der Waals surface area contributed by atoms with Crippen LogP contribution in [-0.4, -0.2) is 64.1 Å². The number of aromatic amines is 1. The number of aromatic nitrogens is 2. The number of hydrogen-bond acceptors (Lipinski definition) is 6. The van der Waals surface area contributed by atoms with Gasteiger partial charge in [-0.15, -0.1) is 0 Å². The monoisotopic (exact) mass is 605 g/mol. The van der Waals surface area contributed by atoms with E-state index in [0.717, 1.165) is 35.0 Å². The first kappa shape index (κ1) is 30.5. The van der Waals surface area contributed by atoms with Crippen molar-refractivity contribution < 1.29 is 46.1 Å². The molecule has 0 aliphatic carbocycles. The maximum Gasteiger partial charge on any atom is 0.490 e. The molecule has 0 saturated carbocycles. The highest BCUT2D eigenvalue weighted by Gasteiger charge is 2.38. The van der Waals surface area contributed by atoms with Gasteiger partial charge in [0.05, 0.1) is 17.0 Å². The number of carbonyl (C=O) groups is 2. The van der Waals surface area contributed by atoms with Crippen LogP contribution in [0.2, 0.25) is 0 Å². The lowest BCUT2D eigenvalue weighted by molar-refractivity contribution is -0.192. The van der Waals surface area contributed by atoms with E-state index >= 15 is 0 Å². The lowest BCUT2D eigenvalue weighted by Crippen LogP contribution is -2.27. The first-order valence-electron chi connectivity index (χ1n) is 12.7. The summed E-state index contributed by atoms with van der Waals surface area (Å²) in [4.78, 5) is 27.8. The largest absolute Gasteiger partial charge is 0.490 e. The second-order valence-corrected chi connectivity index (χ2v) is 11.3. The molecule has 1 saturated heterocycles. The third kappa shape index (κ3) is 7.44. The molecule has 42 heavy (non-hydrogen) atoms. The van der Waals surface area contributed by atoms with Crippen LogP contribution in [0, 0.1) is 0 Å². The molecule has 0 amide bonds. The van der Waals surface area contributed by atoms with Gasteiger partial charge in [0.1, 0.15) is 18.0 Å². The van der Waals surface area contributed by atoms with Crippen molar-refractivity contribution in [1.29, 1.82) is 0 Å². The SMILES string of the molecule is O=C(O)C(F)(F)F.O=C(O)Cc1cccc(OCc2cc3c(-c4ccc(S(=O)(=O)N5CCCC5)cc4)ccnc3[nH]2)c1. The van der Waals surface area contributed by atoms with E-state index in [1.807, 2.05) is 24.3 Å². The summed E-state index contributed by atoms with van der Waals surface area (Å²) in [5, 5.41) is 17.0. The van der Waals surface area contributed by atoms with Crippen LogP contribution in [0.3, 0.4) is 0 Å². The Morgan fingerprint density at radius 1 is 1.00 bits per heavy atom. The third-order valence-corrected chi connectivity index (χ3v) is 8.26. The van der Waals surface area contributed by atoms with Crippen molar-refractivity contribution in [3.63, 3.8) is 0 Å². The third-order valence-electron chi connectivity index (χ3n) is 6.35. The molecule has 3 N–H and O–H groups in total. The van der Waals surface area contributed by atoms with Gasteiger partial charge in [-0.2, -0.15) is 17.5 Å². The smallest absolute Gasteiger partial charge is 0.487 e. The van der Waals surface area contributed by atoms with E-state index in [1.54, 1.807) is 46.9 Å². The molecule has 1 aliphatic heterocycles. The number of carboxylic acids is 2. The highest BCUT2D eigenvalue weighted by Crippen LogP contribution is 2.30. The summed E-state index contributed by atoms with van der Waals surface area (Å²) in [5.41, 5.74) is 4.02. The van der Waals surface area contributed by atoms with Crippen LogP contribution in [0.1, 0.15) is 24.1 Å². The van der Waals surface area contributed by atoms with Gasteiger partial charge in [0.2, 0.25) is 10.0 Å². The van der Waals surface area contributed by atoms with Crippen LogP contribution in [0.5, 0.6) is 5.75 Å². The Balaban J connectivity index is 0.000000517. The number of nitrogens with zero attached hydrogens (tertiary/aromatic N) is 2. The summed E-state index contributed by atoms with van der Waals surface area (Å²) in [6, 6.07) is 17.9. The Hall–Kier alpha value is -4.43. The number of H-pyrrole nitrogens is 1. The molecule has 0 bridgehead atoms. The highest BCUT2D eigenvalue weighted by atomic mass is 32.2. The van der Waals surface area contributed by atoms with Crippen molar-refractivity contribution in [2.24, 2.45) is 0 Å². The number of nitrogens with one attached hydrogen (secondary N) is 1. The Labute approximate surface area is 238 Å². The molecule has 5 rings (SSSR count). The average Bonchev–Trinajstić information content (AvgIpc) is 3.62. The number of pyridine rings is 1. The minimum Gasteiger partial charge on any atom is -0.487 e. The lowest BCUT2D eigenvalue weighted by atomic mass is 10.0. The molecule has 0 radical (unpaired) electrons. The second-order valence-electron chi connectivity index (χ2n) is 9.36. The predicted octanol–water partition coefficient (Wildman–Crippen LogP) is 4.85. The summed E-state index contributed by atoms with van der Waals surface area (Å²) in [6.07, 6.45) is -1.63. The molecule has 222 valence electrons. The number of ether oxygens (including phenoxy) is 1. The molecular weight excluding hydrogens is 579 g/mol. The van der Waals surface area contributed by atoms with E-state index in [9.17, 15) is 26.4 Å². The maximum absolute atomic E-state index is 12.8. The van der Waals surface area contributed by atoms with Crippen molar-refractivity contribution >= 4 is 33.0 Å². The van der Waals surface area contributed by atoms with E-state index in [0.29, 0.717) is 34.9 Å². The van der Waals surface area contributed by atoms with Crippen LogP contribution < -0.4 is 4.74 Å². The molecule has 14 heteroatoms. The van der Waals surface area contributed by atoms with Gasteiger partial charge in [-0.25, -0.2) is 18.2 Å². The van der Waals surface area contributed by atoms with Gasteiger partial charge in [0.15, 0.2) is 0 Å². The molecule has 10 nitrogen and oxygen atoms in total. The molecule has 0 spiro atoms. The number of carboxylic acid groups (broad SMARTS) is 2. The number of aliphatic carboxylic acids is 2. The molecule has 2 aromatic carbocycles. The minimum atomic E-state index is -5.08. The fraction of sp³-hybridized carbons (Fsp3) is 0.250. The van der Waals surface area contributed by atoms with Crippen molar-refractivity contribution in [2.45, 2.75) is 36.9 Å². The maximum atomic E-state index is 12.8. The number of fused-ring (bicyclic) bond motifs is 1.